The number of hydrogen-bond donors (Lipinski definition) is 1. The molecule has 0 radical (unpaired) electrons. The quantitative estimate of drug-likeness (QED) is 0.682. The normalized spacial score (nSPS) is 37.4. The molecule has 2 heterocycles. The molecule has 0 saturated carbocycles. The van der Waals surface area contributed by atoms with Crippen LogP contribution in [-0.2, 0) is 4.74 Å². The molecule has 3 atom stereocenters. The van der Waals surface area contributed by atoms with Gasteiger partial charge in [0, 0.05) is 18.6 Å². The highest BCUT2D eigenvalue weighted by Gasteiger charge is 2.33. The minimum Gasteiger partial charge on any atom is -0.374 e. The third-order valence-electron chi connectivity index (χ3n) is 3.37. The summed E-state index contributed by atoms with van der Waals surface area (Å²) in [5.41, 5.74) is 5.98. The van der Waals surface area contributed by atoms with Crippen molar-refractivity contribution in [2.24, 2.45) is 5.73 Å². The Kier molecular flexibility index (Phi) is 2.86. The number of rotatable bonds is 2. The van der Waals surface area contributed by atoms with Crippen molar-refractivity contribution in [1.82, 2.24) is 4.90 Å². The molecular weight excluding hydrogens is 164 g/mol. The lowest BCUT2D eigenvalue weighted by Gasteiger charge is -2.37. The van der Waals surface area contributed by atoms with E-state index in [2.05, 4.69) is 11.8 Å². The second-order valence-electron chi connectivity index (χ2n) is 4.23. The van der Waals surface area contributed by atoms with Crippen molar-refractivity contribution in [3.8, 4) is 0 Å². The third-order valence-corrected chi connectivity index (χ3v) is 3.37. The smallest absolute Gasteiger partial charge is 0.0853 e. The van der Waals surface area contributed by atoms with Crippen LogP contribution in [0.25, 0.3) is 0 Å². The summed E-state index contributed by atoms with van der Waals surface area (Å²) in [6, 6.07) is 0.918. The van der Waals surface area contributed by atoms with E-state index in [-0.39, 0.29) is 12.1 Å². The Morgan fingerprint density at radius 2 is 2.46 bits per heavy atom. The van der Waals surface area contributed by atoms with Crippen molar-refractivity contribution in [3.05, 3.63) is 0 Å². The summed E-state index contributed by atoms with van der Waals surface area (Å²) in [7, 11) is 0. The van der Waals surface area contributed by atoms with E-state index in [0.717, 1.165) is 19.6 Å². The van der Waals surface area contributed by atoms with Gasteiger partial charge in [0.05, 0.1) is 12.7 Å². The Morgan fingerprint density at radius 3 is 3.23 bits per heavy atom. The van der Waals surface area contributed by atoms with Crippen molar-refractivity contribution in [2.45, 2.75) is 44.4 Å². The van der Waals surface area contributed by atoms with Gasteiger partial charge in [-0.25, -0.2) is 0 Å². The van der Waals surface area contributed by atoms with Gasteiger partial charge >= 0.3 is 0 Å². The van der Waals surface area contributed by atoms with Gasteiger partial charge < -0.3 is 10.5 Å². The molecule has 0 spiro atoms. The lowest BCUT2D eigenvalue weighted by Crippen LogP contribution is -2.52. The van der Waals surface area contributed by atoms with Crippen LogP contribution in [0.15, 0.2) is 0 Å². The minimum atomic E-state index is 0.224. The average molecular weight is 184 g/mol. The molecule has 2 aliphatic rings. The first-order valence-corrected chi connectivity index (χ1v) is 5.42. The van der Waals surface area contributed by atoms with Crippen LogP contribution in [0, 0.1) is 0 Å². The molecule has 0 aromatic heterocycles. The number of fused-ring (bicyclic) bond motifs is 1. The van der Waals surface area contributed by atoms with Crippen molar-refractivity contribution in [3.63, 3.8) is 0 Å². The fourth-order valence-corrected chi connectivity index (χ4v) is 2.36. The lowest BCUT2D eigenvalue weighted by atomic mass is 10.1. The van der Waals surface area contributed by atoms with Crippen LogP contribution in [-0.4, -0.2) is 42.8 Å². The molecule has 0 amide bonds. The van der Waals surface area contributed by atoms with Gasteiger partial charge in [0.2, 0.25) is 0 Å². The zero-order valence-electron chi connectivity index (χ0n) is 8.41. The van der Waals surface area contributed by atoms with Crippen LogP contribution < -0.4 is 5.73 Å². The van der Waals surface area contributed by atoms with Crippen molar-refractivity contribution in [1.29, 1.82) is 0 Å². The summed E-state index contributed by atoms with van der Waals surface area (Å²) in [4.78, 5) is 2.55. The molecule has 76 valence electrons. The number of hydrogen-bond acceptors (Lipinski definition) is 3. The maximum Gasteiger partial charge on any atom is 0.0853 e. The van der Waals surface area contributed by atoms with E-state index >= 15 is 0 Å². The summed E-state index contributed by atoms with van der Waals surface area (Å²) >= 11 is 0. The first kappa shape index (κ1) is 9.44. The summed E-state index contributed by atoms with van der Waals surface area (Å²) in [6.45, 7) is 5.34. The zero-order valence-corrected chi connectivity index (χ0v) is 8.41. The number of morpholine rings is 1. The molecule has 0 aromatic carbocycles. The van der Waals surface area contributed by atoms with Crippen LogP contribution in [0.3, 0.4) is 0 Å². The Balaban J connectivity index is 1.89. The molecule has 2 saturated heterocycles. The van der Waals surface area contributed by atoms with E-state index in [1.807, 2.05) is 0 Å². The standard InChI is InChI=1S/C10H20N2O/c1-2-9(11)10-6-12-5-3-4-8(12)7-13-10/h8-10H,2-7,11H2,1H3. The SMILES string of the molecule is CCC(N)C1CN2CCCC2CO1. The molecule has 2 aliphatic heterocycles. The van der Waals surface area contributed by atoms with Crippen LogP contribution >= 0.6 is 0 Å². The van der Waals surface area contributed by atoms with Gasteiger partial charge in [-0.2, -0.15) is 0 Å². The topological polar surface area (TPSA) is 38.5 Å². The van der Waals surface area contributed by atoms with Crippen molar-refractivity contribution in [2.75, 3.05) is 19.7 Å². The van der Waals surface area contributed by atoms with Crippen molar-refractivity contribution >= 4 is 0 Å². The summed E-state index contributed by atoms with van der Waals surface area (Å²) in [5.74, 6) is 0. The Labute approximate surface area is 80.2 Å². The second-order valence-corrected chi connectivity index (χ2v) is 4.23. The number of nitrogens with two attached hydrogens (primary N) is 1. The molecule has 3 heteroatoms. The molecule has 0 bridgehead atoms. The van der Waals surface area contributed by atoms with Crippen LogP contribution in [0.1, 0.15) is 26.2 Å². The highest BCUT2D eigenvalue weighted by Crippen LogP contribution is 2.23. The van der Waals surface area contributed by atoms with E-state index in [0.29, 0.717) is 6.04 Å². The predicted molar refractivity (Wildman–Crippen MR) is 52.6 cm³/mol. The molecule has 2 fully saturated rings. The van der Waals surface area contributed by atoms with Gasteiger partial charge in [-0.3, -0.25) is 4.90 Å². The molecular formula is C10H20N2O. The second kappa shape index (κ2) is 3.95. The van der Waals surface area contributed by atoms with Gasteiger partial charge in [-0.1, -0.05) is 6.92 Å². The lowest BCUT2D eigenvalue weighted by molar-refractivity contribution is -0.0594. The average Bonchev–Trinajstić information content (AvgIpc) is 2.63. The monoisotopic (exact) mass is 184 g/mol. The Morgan fingerprint density at radius 1 is 1.62 bits per heavy atom. The zero-order chi connectivity index (χ0) is 9.26. The van der Waals surface area contributed by atoms with Gasteiger partial charge in [-0.15, -0.1) is 0 Å². The van der Waals surface area contributed by atoms with Crippen molar-refractivity contribution < 1.29 is 4.74 Å². The summed E-state index contributed by atoms with van der Waals surface area (Å²) in [5, 5.41) is 0. The Hall–Kier alpha value is -0.120. The maximum absolute atomic E-state index is 5.98. The minimum absolute atomic E-state index is 0.224. The van der Waals surface area contributed by atoms with Crippen LogP contribution in [0.2, 0.25) is 0 Å². The van der Waals surface area contributed by atoms with E-state index < -0.39 is 0 Å². The molecule has 2 rings (SSSR count). The van der Waals surface area contributed by atoms with Gasteiger partial charge in [-0.05, 0) is 25.8 Å². The van der Waals surface area contributed by atoms with E-state index in [1.165, 1.54) is 19.4 Å². The first-order chi connectivity index (χ1) is 6.31. The van der Waals surface area contributed by atoms with Gasteiger partial charge in [0.1, 0.15) is 0 Å². The first-order valence-electron chi connectivity index (χ1n) is 5.42. The molecule has 13 heavy (non-hydrogen) atoms. The predicted octanol–water partition coefficient (Wildman–Crippen LogP) is 0.587. The van der Waals surface area contributed by atoms with E-state index in [1.54, 1.807) is 0 Å². The third kappa shape index (κ3) is 1.87. The summed E-state index contributed by atoms with van der Waals surface area (Å²) < 4.78 is 5.78. The molecule has 3 unspecified atom stereocenters. The molecule has 0 aromatic rings. The van der Waals surface area contributed by atoms with Gasteiger partial charge in [0.15, 0.2) is 0 Å². The van der Waals surface area contributed by atoms with Crippen LogP contribution in [0.5, 0.6) is 0 Å². The maximum atomic E-state index is 5.98. The van der Waals surface area contributed by atoms with E-state index in [4.69, 9.17) is 10.5 Å². The summed E-state index contributed by atoms with van der Waals surface area (Å²) in [6.07, 6.45) is 3.94. The molecule has 0 aliphatic carbocycles. The van der Waals surface area contributed by atoms with Gasteiger partial charge in [0.25, 0.3) is 0 Å². The highest BCUT2D eigenvalue weighted by molar-refractivity contribution is 4.88. The fraction of sp³-hybridized carbons (Fsp3) is 1.00. The molecule has 3 nitrogen and oxygen atoms in total. The van der Waals surface area contributed by atoms with E-state index in [9.17, 15) is 0 Å². The highest BCUT2D eigenvalue weighted by atomic mass is 16.5. The fourth-order valence-electron chi connectivity index (χ4n) is 2.36. The molecule has 2 N–H and O–H groups in total. The van der Waals surface area contributed by atoms with Crippen LogP contribution in [0.4, 0.5) is 0 Å². The number of nitrogens with zero attached hydrogens (tertiary/aromatic N) is 1. The Bertz CT molecular complexity index is 174. The number of ether oxygens (including phenoxy) is 1. The largest absolute Gasteiger partial charge is 0.374 e.